The van der Waals surface area contributed by atoms with Gasteiger partial charge in [-0.05, 0) is 12.8 Å². The van der Waals surface area contributed by atoms with Gasteiger partial charge in [0.25, 0.3) is 5.56 Å². The highest BCUT2D eigenvalue weighted by atomic mass is 16.3. The van der Waals surface area contributed by atoms with Gasteiger partial charge in [-0.1, -0.05) is 19.3 Å². The minimum Gasteiger partial charge on any atom is -0.394 e. The molecule has 0 saturated carbocycles. The lowest BCUT2D eigenvalue weighted by atomic mass is 10.1. The molecule has 0 bridgehead atoms. The van der Waals surface area contributed by atoms with Crippen LogP contribution in [0.3, 0.4) is 0 Å². The molecule has 1 aromatic rings. The molecule has 1 aliphatic rings. The van der Waals surface area contributed by atoms with E-state index in [0.29, 0.717) is 24.6 Å². The molecule has 8 nitrogen and oxygen atoms in total. The van der Waals surface area contributed by atoms with Gasteiger partial charge in [0.1, 0.15) is 11.5 Å². The molecule has 0 spiro atoms. The minimum atomic E-state index is -0.615. The van der Waals surface area contributed by atoms with Crippen LogP contribution in [0, 0.1) is 0 Å². The van der Waals surface area contributed by atoms with Gasteiger partial charge in [0, 0.05) is 20.6 Å². The molecule has 0 aromatic carbocycles. The summed E-state index contributed by atoms with van der Waals surface area (Å²) in [4.78, 5) is 30.0. The molecule has 1 aliphatic heterocycles. The molecule has 1 unspecified atom stereocenters. The fourth-order valence-corrected chi connectivity index (χ4v) is 3.00. The van der Waals surface area contributed by atoms with Crippen molar-refractivity contribution in [1.29, 1.82) is 0 Å². The quantitative estimate of drug-likeness (QED) is 0.562. The summed E-state index contributed by atoms with van der Waals surface area (Å²) in [5.41, 5.74) is -0.198. The zero-order valence-corrected chi connectivity index (χ0v) is 13.8. The first-order valence-corrected chi connectivity index (χ1v) is 8.04. The number of H-pyrrole nitrogens is 1. The average molecular weight is 326 g/mol. The molecule has 0 saturated heterocycles. The maximum absolute atomic E-state index is 12.0. The van der Waals surface area contributed by atoms with Gasteiger partial charge < -0.3 is 20.0 Å². The molecule has 8 heteroatoms. The molecule has 23 heavy (non-hydrogen) atoms. The summed E-state index contributed by atoms with van der Waals surface area (Å²) in [6, 6.07) is 0. The monoisotopic (exact) mass is 326 g/mol. The molecule has 0 amide bonds. The molecule has 1 aromatic heterocycles. The first kappa shape index (κ1) is 17.6. The lowest BCUT2D eigenvalue weighted by molar-refractivity contribution is 0.0860. The third-order valence-corrected chi connectivity index (χ3v) is 4.26. The summed E-state index contributed by atoms with van der Waals surface area (Å²) >= 11 is 0. The van der Waals surface area contributed by atoms with Crippen molar-refractivity contribution < 1.29 is 10.2 Å². The van der Waals surface area contributed by atoms with Crippen molar-refractivity contribution in [2.45, 2.75) is 38.2 Å². The van der Waals surface area contributed by atoms with E-state index in [-0.39, 0.29) is 12.2 Å². The number of anilines is 2. The number of rotatable bonds is 8. The number of aliphatic hydroxyl groups is 2. The summed E-state index contributed by atoms with van der Waals surface area (Å²) in [6.07, 6.45) is 3.83. The van der Waals surface area contributed by atoms with E-state index >= 15 is 0 Å². The third-order valence-electron chi connectivity index (χ3n) is 4.26. The molecule has 0 fully saturated rings. The van der Waals surface area contributed by atoms with E-state index in [1.54, 1.807) is 7.05 Å². The van der Waals surface area contributed by atoms with Crippen LogP contribution in [-0.2, 0) is 7.05 Å². The number of unbranched alkanes of at least 4 members (excludes halogenated alkanes) is 3. The Kier molecular flexibility index (Phi) is 5.84. The number of nitrogens with zero attached hydrogens (tertiary/aromatic N) is 3. The normalized spacial score (nSPS) is 15.1. The summed E-state index contributed by atoms with van der Waals surface area (Å²) < 4.78 is 1.48. The lowest BCUT2D eigenvalue weighted by Gasteiger charge is -2.20. The summed E-state index contributed by atoms with van der Waals surface area (Å²) in [6.45, 7) is 1.19. The average Bonchev–Trinajstić information content (AvgIpc) is 2.85. The molecule has 1 atom stereocenters. The van der Waals surface area contributed by atoms with Crippen LogP contribution >= 0.6 is 0 Å². The molecule has 130 valence electrons. The molecule has 0 radical (unpaired) electrons. The number of hydrogen-bond donors (Lipinski definition) is 3. The van der Waals surface area contributed by atoms with Crippen LogP contribution in [0.1, 0.15) is 32.1 Å². The largest absolute Gasteiger partial charge is 0.394 e. The smallest absolute Gasteiger partial charge is 0.329 e. The summed E-state index contributed by atoms with van der Waals surface area (Å²) in [5.74, 6) is 0.678. The van der Waals surface area contributed by atoms with E-state index in [9.17, 15) is 14.7 Å². The highest BCUT2D eigenvalue weighted by Crippen LogP contribution is 2.29. The number of nitrogens with one attached hydrogen (secondary N) is 1. The predicted molar refractivity (Wildman–Crippen MR) is 89.1 cm³/mol. The van der Waals surface area contributed by atoms with Gasteiger partial charge in [-0.25, -0.2) is 4.79 Å². The second-order valence-corrected chi connectivity index (χ2v) is 6.13. The lowest BCUT2D eigenvalue weighted by Crippen LogP contribution is -2.32. The van der Waals surface area contributed by atoms with Crippen molar-refractivity contribution in [3.05, 3.63) is 20.8 Å². The van der Waals surface area contributed by atoms with Gasteiger partial charge in [-0.2, -0.15) is 0 Å². The van der Waals surface area contributed by atoms with E-state index in [2.05, 4.69) is 9.88 Å². The molecule has 2 heterocycles. The number of fused-ring (bicyclic) bond motifs is 1. The van der Waals surface area contributed by atoms with Crippen LogP contribution in [0.5, 0.6) is 0 Å². The van der Waals surface area contributed by atoms with E-state index in [1.807, 2.05) is 11.9 Å². The SMILES string of the molecule is CN1CN(CCCCCCC(O)CO)c2c1c(=O)[nH]c(=O)n2C. The van der Waals surface area contributed by atoms with Gasteiger partial charge in [-0.3, -0.25) is 14.3 Å². The minimum absolute atomic E-state index is 0.181. The van der Waals surface area contributed by atoms with E-state index in [1.165, 1.54) is 4.57 Å². The van der Waals surface area contributed by atoms with Gasteiger partial charge in [-0.15, -0.1) is 0 Å². The van der Waals surface area contributed by atoms with E-state index in [4.69, 9.17) is 5.11 Å². The zero-order chi connectivity index (χ0) is 17.0. The first-order chi connectivity index (χ1) is 11.0. The zero-order valence-electron chi connectivity index (χ0n) is 13.8. The third kappa shape index (κ3) is 3.94. The van der Waals surface area contributed by atoms with Crippen molar-refractivity contribution in [3.63, 3.8) is 0 Å². The fourth-order valence-electron chi connectivity index (χ4n) is 3.00. The Morgan fingerprint density at radius 2 is 1.87 bits per heavy atom. The van der Waals surface area contributed by atoms with Crippen molar-refractivity contribution in [2.75, 3.05) is 36.7 Å². The second-order valence-electron chi connectivity index (χ2n) is 6.13. The van der Waals surface area contributed by atoms with Crippen molar-refractivity contribution in [2.24, 2.45) is 7.05 Å². The first-order valence-electron chi connectivity index (χ1n) is 8.04. The van der Waals surface area contributed by atoms with Crippen molar-refractivity contribution in [3.8, 4) is 0 Å². The number of aromatic amines is 1. The molecular formula is C15H26N4O4. The maximum Gasteiger partial charge on any atom is 0.329 e. The van der Waals surface area contributed by atoms with E-state index < -0.39 is 11.8 Å². The van der Waals surface area contributed by atoms with Gasteiger partial charge in [0.2, 0.25) is 0 Å². The van der Waals surface area contributed by atoms with Gasteiger partial charge in [0.05, 0.1) is 19.4 Å². The summed E-state index contributed by atoms with van der Waals surface area (Å²) in [7, 11) is 3.51. The van der Waals surface area contributed by atoms with Gasteiger partial charge >= 0.3 is 5.69 Å². The molecular weight excluding hydrogens is 300 g/mol. The van der Waals surface area contributed by atoms with E-state index in [0.717, 1.165) is 32.2 Å². The Morgan fingerprint density at radius 1 is 1.17 bits per heavy atom. The van der Waals surface area contributed by atoms with Crippen molar-refractivity contribution in [1.82, 2.24) is 9.55 Å². The predicted octanol–water partition coefficient (Wildman–Crippen LogP) is -0.409. The highest BCUT2D eigenvalue weighted by molar-refractivity contribution is 5.71. The topological polar surface area (TPSA) is 102 Å². The van der Waals surface area contributed by atoms with Crippen LogP contribution < -0.4 is 21.0 Å². The molecule has 3 N–H and O–H groups in total. The Labute approximate surface area is 135 Å². The highest BCUT2D eigenvalue weighted by Gasteiger charge is 2.28. The van der Waals surface area contributed by atoms with Crippen LogP contribution in [-0.4, -0.2) is 52.7 Å². The van der Waals surface area contributed by atoms with Gasteiger partial charge in [0.15, 0.2) is 0 Å². The van der Waals surface area contributed by atoms with Crippen molar-refractivity contribution >= 4 is 11.5 Å². The summed E-state index contributed by atoms with van der Waals surface area (Å²) in [5, 5.41) is 18.0. The Hall–Kier alpha value is -1.80. The van der Waals surface area contributed by atoms with Crippen LogP contribution in [0.2, 0.25) is 0 Å². The Morgan fingerprint density at radius 3 is 2.57 bits per heavy atom. The number of aromatic nitrogens is 2. The standard InChI is InChI=1S/C15H26N4O4/c1-17-10-19(8-6-4-3-5-7-11(21)9-20)14-12(17)13(22)16-15(23)18(14)2/h11,20-21H,3-10H2,1-2H3,(H,16,22,23). The second kappa shape index (κ2) is 7.65. The maximum atomic E-state index is 12.0. The fraction of sp³-hybridized carbons (Fsp3) is 0.733. The Bertz CT molecular complexity index is 639. The number of aliphatic hydroxyl groups excluding tert-OH is 2. The molecule has 2 rings (SSSR count). The number of hydrogen-bond acceptors (Lipinski definition) is 6. The van der Waals surface area contributed by atoms with Crippen LogP contribution in [0.25, 0.3) is 0 Å². The Balaban J connectivity index is 1.90. The van der Waals surface area contributed by atoms with Crippen LogP contribution in [0.4, 0.5) is 11.5 Å². The molecule has 0 aliphatic carbocycles. The van der Waals surface area contributed by atoms with Crippen LogP contribution in [0.15, 0.2) is 9.59 Å².